The van der Waals surface area contributed by atoms with Crippen molar-refractivity contribution in [2.75, 3.05) is 26.7 Å². The van der Waals surface area contributed by atoms with Crippen LogP contribution in [0.1, 0.15) is 34.8 Å². The minimum absolute atomic E-state index is 0.175. The molecular weight excluding hydrogens is 448 g/mol. The van der Waals surface area contributed by atoms with Gasteiger partial charge in [0.05, 0.1) is 11.3 Å². The fraction of sp³-hybridized carbons (Fsp3) is 0.320. The van der Waals surface area contributed by atoms with Crippen molar-refractivity contribution < 1.29 is 9.32 Å². The predicted octanol–water partition coefficient (Wildman–Crippen LogP) is 3.96. The van der Waals surface area contributed by atoms with E-state index in [0.717, 1.165) is 42.2 Å². The highest BCUT2D eigenvalue weighted by molar-refractivity contribution is 7.13. The first-order valence-corrected chi connectivity index (χ1v) is 12.1. The summed E-state index contributed by atoms with van der Waals surface area (Å²) in [4.78, 5) is 28.9. The van der Waals surface area contributed by atoms with Crippen molar-refractivity contribution >= 4 is 17.2 Å². The number of hydrogen-bond donors (Lipinski definition) is 1. The number of thiazole rings is 1. The Morgan fingerprint density at radius 3 is 2.68 bits per heavy atom. The van der Waals surface area contributed by atoms with Crippen LogP contribution in [0.3, 0.4) is 0 Å². The van der Waals surface area contributed by atoms with Crippen LogP contribution in [0.5, 0.6) is 0 Å². The van der Waals surface area contributed by atoms with Crippen LogP contribution in [-0.4, -0.2) is 57.6 Å². The summed E-state index contributed by atoms with van der Waals surface area (Å²) in [5.41, 5.74) is 3.07. The zero-order valence-electron chi connectivity index (χ0n) is 19.2. The van der Waals surface area contributed by atoms with Crippen LogP contribution in [0.2, 0.25) is 0 Å². The molecule has 0 atom stereocenters. The van der Waals surface area contributed by atoms with Gasteiger partial charge in [0.25, 0.3) is 5.91 Å². The van der Waals surface area contributed by atoms with Crippen LogP contribution in [0.15, 0.2) is 58.7 Å². The highest BCUT2D eigenvalue weighted by atomic mass is 32.1. The summed E-state index contributed by atoms with van der Waals surface area (Å²) in [5, 5.41) is 10.2. The first-order chi connectivity index (χ1) is 16.5. The molecule has 0 unspecified atom stereocenters. The third-order valence-corrected chi connectivity index (χ3v) is 7.28. The second-order valence-electron chi connectivity index (χ2n) is 8.77. The van der Waals surface area contributed by atoms with E-state index in [-0.39, 0.29) is 11.3 Å². The van der Waals surface area contributed by atoms with Gasteiger partial charge in [-0.3, -0.25) is 9.78 Å². The van der Waals surface area contributed by atoms with Crippen LogP contribution in [0.25, 0.3) is 22.0 Å². The predicted molar refractivity (Wildman–Crippen MR) is 131 cm³/mol. The van der Waals surface area contributed by atoms with Crippen LogP contribution >= 0.6 is 11.3 Å². The van der Waals surface area contributed by atoms with E-state index in [1.165, 1.54) is 0 Å². The third-order valence-electron chi connectivity index (χ3n) is 6.39. The number of piperidine rings is 1. The topological polar surface area (TPSA) is 97.0 Å². The number of likely N-dealkylation sites (tertiary alicyclic amines) is 1. The Hall–Kier alpha value is -3.43. The van der Waals surface area contributed by atoms with Crippen molar-refractivity contribution in [3.8, 4) is 22.0 Å². The number of rotatable bonds is 6. The number of benzene rings is 1. The maximum atomic E-state index is 13.1. The van der Waals surface area contributed by atoms with E-state index in [9.17, 15) is 4.79 Å². The number of carbonyl (C=O) groups excluding carboxylic acids is 1. The molecule has 1 amide bonds. The average Bonchev–Trinajstić information content (AvgIpc) is 3.54. The molecule has 0 bridgehead atoms. The number of pyridine rings is 1. The van der Waals surface area contributed by atoms with Gasteiger partial charge in [-0.15, -0.1) is 11.3 Å². The maximum absolute atomic E-state index is 13.1. The number of nitrogens with one attached hydrogen (secondary N) is 1. The number of carbonyl (C=O) groups is 1. The van der Waals surface area contributed by atoms with Gasteiger partial charge in [0.15, 0.2) is 0 Å². The second-order valence-corrected chi connectivity index (χ2v) is 9.63. The zero-order chi connectivity index (χ0) is 23.5. The van der Waals surface area contributed by atoms with Gasteiger partial charge in [0, 0.05) is 47.8 Å². The van der Waals surface area contributed by atoms with Gasteiger partial charge >= 0.3 is 0 Å². The summed E-state index contributed by atoms with van der Waals surface area (Å²) in [7, 11) is 2.13. The molecule has 1 aliphatic rings. The molecule has 1 aromatic carbocycles. The quantitative estimate of drug-likeness (QED) is 0.452. The minimum Gasteiger partial charge on any atom is -0.351 e. The number of hydrogen-bond acceptors (Lipinski definition) is 8. The Kier molecular flexibility index (Phi) is 6.21. The lowest BCUT2D eigenvalue weighted by Gasteiger charge is -2.39. The van der Waals surface area contributed by atoms with Crippen molar-refractivity contribution in [3.05, 3.63) is 71.3 Å². The summed E-state index contributed by atoms with van der Waals surface area (Å²) in [6.07, 6.45) is 5.05. The Balaban J connectivity index is 1.36. The first-order valence-electron chi connectivity index (χ1n) is 11.3. The number of nitrogens with zero attached hydrogens (tertiary/aromatic N) is 5. The van der Waals surface area contributed by atoms with Gasteiger partial charge in [0.1, 0.15) is 5.01 Å². The fourth-order valence-corrected chi connectivity index (χ4v) is 5.20. The minimum atomic E-state index is -0.207. The molecule has 0 radical (unpaired) electrons. The van der Waals surface area contributed by atoms with E-state index < -0.39 is 0 Å². The van der Waals surface area contributed by atoms with Crippen molar-refractivity contribution in [1.29, 1.82) is 0 Å². The van der Waals surface area contributed by atoms with Crippen LogP contribution in [0.4, 0.5) is 0 Å². The monoisotopic (exact) mass is 474 g/mol. The normalized spacial score (nSPS) is 15.8. The molecule has 34 heavy (non-hydrogen) atoms. The molecule has 1 fully saturated rings. The number of amides is 1. The van der Waals surface area contributed by atoms with Gasteiger partial charge in [-0.2, -0.15) is 4.98 Å². The molecule has 4 aromatic rings. The lowest BCUT2D eigenvalue weighted by atomic mass is 9.76. The molecule has 174 valence electrons. The summed E-state index contributed by atoms with van der Waals surface area (Å²) >= 11 is 1.66. The molecule has 0 aliphatic carbocycles. The van der Waals surface area contributed by atoms with Gasteiger partial charge in [-0.1, -0.05) is 35.5 Å². The third kappa shape index (κ3) is 4.62. The van der Waals surface area contributed by atoms with Gasteiger partial charge in [-0.05, 0) is 39.0 Å². The highest BCUT2D eigenvalue weighted by Crippen LogP contribution is 2.37. The molecule has 4 heterocycles. The van der Waals surface area contributed by atoms with Crippen LogP contribution in [-0.2, 0) is 5.41 Å². The molecule has 1 aliphatic heterocycles. The smallest absolute Gasteiger partial charge is 0.252 e. The number of aryl methyl sites for hydroxylation is 1. The molecule has 1 saturated heterocycles. The lowest BCUT2D eigenvalue weighted by molar-refractivity contribution is 0.0926. The molecule has 5 rings (SSSR count). The van der Waals surface area contributed by atoms with Gasteiger partial charge < -0.3 is 14.7 Å². The highest BCUT2D eigenvalue weighted by Gasteiger charge is 2.38. The lowest BCUT2D eigenvalue weighted by Crippen LogP contribution is -2.48. The first kappa shape index (κ1) is 22.4. The van der Waals surface area contributed by atoms with Gasteiger partial charge in [-0.25, -0.2) is 4.98 Å². The van der Waals surface area contributed by atoms with E-state index in [1.54, 1.807) is 36.7 Å². The Bertz CT molecular complexity index is 1280. The van der Waals surface area contributed by atoms with E-state index in [2.05, 4.69) is 49.9 Å². The Morgan fingerprint density at radius 2 is 1.94 bits per heavy atom. The van der Waals surface area contributed by atoms with Crippen molar-refractivity contribution in [3.63, 3.8) is 0 Å². The van der Waals surface area contributed by atoms with Crippen molar-refractivity contribution in [1.82, 2.24) is 30.3 Å². The number of aromatic nitrogens is 4. The van der Waals surface area contributed by atoms with E-state index >= 15 is 0 Å². The van der Waals surface area contributed by atoms with Crippen LogP contribution in [0, 0.1) is 6.92 Å². The molecule has 8 nitrogen and oxygen atoms in total. The summed E-state index contributed by atoms with van der Waals surface area (Å²) in [6.45, 7) is 4.16. The van der Waals surface area contributed by atoms with E-state index in [0.29, 0.717) is 29.4 Å². The standard InChI is InChI=1S/C25H26N6O2S/c1-17-28-22(30-33-17)19-12-20(14-26-13-19)23(32)27-16-25(8-10-31(2)11-9-25)21-15-34-24(29-21)18-6-4-3-5-7-18/h3-7,12-15H,8-11,16H2,1-2H3,(H,27,32). The Labute approximate surface area is 202 Å². The SMILES string of the molecule is Cc1nc(-c2cncc(C(=O)NCC3(c4csc(-c5ccccc5)n4)CCN(C)CC3)c2)no1. The maximum Gasteiger partial charge on any atom is 0.252 e. The molecule has 0 spiro atoms. The second kappa shape index (κ2) is 9.44. The molecule has 1 N–H and O–H groups in total. The summed E-state index contributed by atoms with van der Waals surface area (Å²) in [6, 6.07) is 12.0. The van der Waals surface area contributed by atoms with E-state index in [1.807, 2.05) is 18.2 Å². The summed E-state index contributed by atoms with van der Waals surface area (Å²) in [5.74, 6) is 0.709. The van der Waals surface area contributed by atoms with Crippen molar-refractivity contribution in [2.24, 2.45) is 0 Å². The molecule has 9 heteroatoms. The molecular formula is C25H26N6O2S. The average molecular weight is 475 g/mol. The van der Waals surface area contributed by atoms with Crippen molar-refractivity contribution in [2.45, 2.75) is 25.2 Å². The zero-order valence-corrected chi connectivity index (χ0v) is 20.0. The Morgan fingerprint density at radius 1 is 1.15 bits per heavy atom. The molecule has 3 aromatic heterocycles. The van der Waals surface area contributed by atoms with E-state index in [4.69, 9.17) is 9.51 Å². The van der Waals surface area contributed by atoms with Crippen LogP contribution < -0.4 is 5.32 Å². The largest absolute Gasteiger partial charge is 0.351 e. The fourth-order valence-electron chi connectivity index (χ4n) is 4.26. The molecule has 0 saturated carbocycles. The summed E-state index contributed by atoms with van der Waals surface area (Å²) < 4.78 is 5.05. The van der Waals surface area contributed by atoms with Gasteiger partial charge in [0.2, 0.25) is 11.7 Å².